The molecule has 0 aliphatic carbocycles. The van der Waals surface area contributed by atoms with Gasteiger partial charge in [0.1, 0.15) is 5.75 Å². The van der Waals surface area contributed by atoms with Crippen molar-refractivity contribution < 1.29 is 9.47 Å². The molecular weight excluding hydrogens is 232 g/mol. The Bertz CT molecular complexity index is 308. The third-order valence-corrected chi connectivity index (χ3v) is 2.31. The quantitative estimate of drug-likeness (QED) is 0.759. The molecule has 70 valence electrons. The maximum absolute atomic E-state index is 5.09. The van der Waals surface area contributed by atoms with Gasteiger partial charge in [-0.25, -0.2) is 0 Å². The lowest BCUT2D eigenvalue weighted by Gasteiger charge is -2.02. The van der Waals surface area contributed by atoms with Crippen LogP contribution in [0.25, 0.3) is 6.08 Å². The Hall–Kier alpha value is -0.960. The number of hydrogen-bond acceptors (Lipinski definition) is 2. The summed E-state index contributed by atoms with van der Waals surface area (Å²) in [5.74, 6) is 0.832. The molecule has 2 nitrogen and oxygen atoms in total. The van der Waals surface area contributed by atoms with Gasteiger partial charge in [0.15, 0.2) is 0 Å². The Kier molecular flexibility index (Phi) is 3.83. The van der Waals surface area contributed by atoms with Crippen molar-refractivity contribution in [2.75, 3.05) is 14.2 Å². The lowest BCUT2D eigenvalue weighted by molar-refractivity contribution is 0.341. The molecule has 13 heavy (non-hydrogen) atoms. The zero-order valence-corrected chi connectivity index (χ0v) is 9.17. The fraction of sp³-hybridized carbons (Fsp3) is 0.200. The summed E-state index contributed by atoms with van der Waals surface area (Å²) in [5.41, 5.74) is 1.03. The highest BCUT2D eigenvalue weighted by atomic mass is 79.9. The smallest absolute Gasteiger partial charge is 0.119 e. The minimum atomic E-state index is 0.832. The predicted octanol–water partition coefficient (Wildman–Crippen LogP) is 3.07. The van der Waals surface area contributed by atoms with Crippen LogP contribution in [0.15, 0.2) is 28.9 Å². The second-order valence-corrected chi connectivity index (χ2v) is 3.28. The molecule has 0 saturated heterocycles. The largest absolute Gasteiger partial charge is 0.504 e. The third-order valence-electron chi connectivity index (χ3n) is 1.59. The number of rotatable bonds is 3. The van der Waals surface area contributed by atoms with Crippen LogP contribution in [0.5, 0.6) is 5.75 Å². The summed E-state index contributed by atoms with van der Waals surface area (Å²) >= 11 is 3.43. The van der Waals surface area contributed by atoms with E-state index in [9.17, 15) is 0 Å². The Balaban J connectivity index is 2.97. The van der Waals surface area contributed by atoms with Gasteiger partial charge in [0.25, 0.3) is 0 Å². The van der Waals surface area contributed by atoms with E-state index < -0.39 is 0 Å². The average molecular weight is 243 g/mol. The van der Waals surface area contributed by atoms with E-state index in [4.69, 9.17) is 9.47 Å². The molecule has 0 radical (unpaired) electrons. The van der Waals surface area contributed by atoms with E-state index in [1.807, 2.05) is 24.3 Å². The number of ether oxygens (including phenoxy) is 2. The standard InChI is InChI=1S/C10H11BrO2/c1-12-6-5-8-7-9(13-2)3-4-10(8)11/h3-7H,1-2H3/b6-5-. The van der Waals surface area contributed by atoms with E-state index in [0.717, 1.165) is 15.8 Å². The third kappa shape index (κ3) is 2.77. The fourth-order valence-electron chi connectivity index (χ4n) is 0.918. The predicted molar refractivity (Wildman–Crippen MR) is 56.7 cm³/mol. The minimum Gasteiger partial charge on any atom is -0.504 e. The molecule has 0 bridgehead atoms. The summed E-state index contributed by atoms with van der Waals surface area (Å²) in [4.78, 5) is 0. The Morgan fingerprint density at radius 1 is 1.31 bits per heavy atom. The molecule has 0 aliphatic heterocycles. The molecule has 3 heteroatoms. The van der Waals surface area contributed by atoms with E-state index in [-0.39, 0.29) is 0 Å². The lowest BCUT2D eigenvalue weighted by atomic mass is 10.2. The first-order valence-electron chi connectivity index (χ1n) is 3.81. The molecular formula is C10H11BrO2. The van der Waals surface area contributed by atoms with Gasteiger partial charge in [-0.05, 0) is 29.8 Å². The van der Waals surface area contributed by atoms with Crippen molar-refractivity contribution in [2.45, 2.75) is 0 Å². The number of benzene rings is 1. The molecule has 0 unspecified atom stereocenters. The van der Waals surface area contributed by atoms with Crippen LogP contribution in [-0.4, -0.2) is 14.2 Å². The maximum Gasteiger partial charge on any atom is 0.119 e. The first-order chi connectivity index (χ1) is 6.27. The monoisotopic (exact) mass is 242 g/mol. The summed E-state index contributed by atoms with van der Waals surface area (Å²) in [6.07, 6.45) is 3.49. The molecule has 0 spiro atoms. The van der Waals surface area contributed by atoms with E-state index in [2.05, 4.69) is 15.9 Å². The van der Waals surface area contributed by atoms with E-state index in [1.165, 1.54) is 0 Å². The first-order valence-corrected chi connectivity index (χ1v) is 4.60. The molecule has 0 N–H and O–H groups in total. The van der Waals surface area contributed by atoms with Crippen molar-refractivity contribution in [1.29, 1.82) is 0 Å². The van der Waals surface area contributed by atoms with Gasteiger partial charge in [0.05, 0.1) is 20.5 Å². The van der Waals surface area contributed by atoms with Crippen LogP contribution in [0.3, 0.4) is 0 Å². The number of hydrogen-bond donors (Lipinski definition) is 0. The minimum absolute atomic E-state index is 0.832. The molecule has 0 heterocycles. The first kappa shape index (κ1) is 10.1. The highest BCUT2D eigenvalue weighted by Crippen LogP contribution is 2.23. The zero-order chi connectivity index (χ0) is 9.68. The highest BCUT2D eigenvalue weighted by Gasteiger charge is 1.97. The SMILES string of the molecule is CO/C=C\c1cc(OC)ccc1Br. The van der Waals surface area contributed by atoms with E-state index in [1.54, 1.807) is 20.5 Å². The summed E-state index contributed by atoms with van der Waals surface area (Å²) in [5, 5.41) is 0. The van der Waals surface area contributed by atoms with Gasteiger partial charge in [-0.2, -0.15) is 0 Å². The van der Waals surface area contributed by atoms with Gasteiger partial charge < -0.3 is 9.47 Å². The summed E-state index contributed by atoms with van der Waals surface area (Å²) in [6.45, 7) is 0. The van der Waals surface area contributed by atoms with Gasteiger partial charge in [-0.15, -0.1) is 0 Å². The lowest BCUT2D eigenvalue weighted by Crippen LogP contribution is -1.84. The van der Waals surface area contributed by atoms with Crippen LogP contribution in [0.4, 0.5) is 0 Å². The van der Waals surface area contributed by atoms with Gasteiger partial charge in [0.2, 0.25) is 0 Å². The van der Waals surface area contributed by atoms with Gasteiger partial charge in [-0.1, -0.05) is 15.9 Å². The molecule has 1 aromatic rings. The van der Waals surface area contributed by atoms with Crippen molar-refractivity contribution in [2.24, 2.45) is 0 Å². The molecule has 0 amide bonds. The second kappa shape index (κ2) is 4.92. The summed E-state index contributed by atoms with van der Waals surface area (Å²) in [6, 6.07) is 5.77. The van der Waals surface area contributed by atoms with Crippen molar-refractivity contribution in [1.82, 2.24) is 0 Å². The Morgan fingerprint density at radius 2 is 2.08 bits per heavy atom. The van der Waals surface area contributed by atoms with E-state index in [0.29, 0.717) is 0 Å². The van der Waals surface area contributed by atoms with Crippen molar-refractivity contribution >= 4 is 22.0 Å². The van der Waals surface area contributed by atoms with Crippen molar-refractivity contribution in [3.63, 3.8) is 0 Å². The number of methoxy groups -OCH3 is 2. The average Bonchev–Trinajstić information content (AvgIpc) is 2.17. The van der Waals surface area contributed by atoms with Gasteiger partial charge >= 0.3 is 0 Å². The van der Waals surface area contributed by atoms with Gasteiger partial charge in [-0.3, -0.25) is 0 Å². The van der Waals surface area contributed by atoms with Crippen molar-refractivity contribution in [3.8, 4) is 5.75 Å². The maximum atomic E-state index is 5.09. The van der Waals surface area contributed by atoms with Crippen LogP contribution in [0, 0.1) is 0 Å². The normalized spacial score (nSPS) is 10.4. The van der Waals surface area contributed by atoms with Crippen LogP contribution >= 0.6 is 15.9 Å². The molecule has 1 aromatic carbocycles. The molecule has 0 aliphatic rings. The summed E-state index contributed by atoms with van der Waals surface area (Å²) < 4.78 is 10.9. The molecule has 1 rings (SSSR count). The van der Waals surface area contributed by atoms with Crippen LogP contribution in [-0.2, 0) is 4.74 Å². The van der Waals surface area contributed by atoms with Gasteiger partial charge in [0, 0.05) is 4.47 Å². The molecule has 0 aromatic heterocycles. The van der Waals surface area contributed by atoms with Crippen molar-refractivity contribution in [3.05, 3.63) is 34.5 Å². The zero-order valence-electron chi connectivity index (χ0n) is 7.58. The Morgan fingerprint density at radius 3 is 2.69 bits per heavy atom. The highest BCUT2D eigenvalue weighted by molar-refractivity contribution is 9.10. The fourth-order valence-corrected chi connectivity index (χ4v) is 1.30. The second-order valence-electron chi connectivity index (χ2n) is 2.43. The molecule has 0 fully saturated rings. The topological polar surface area (TPSA) is 18.5 Å². The van der Waals surface area contributed by atoms with E-state index >= 15 is 0 Å². The summed E-state index contributed by atoms with van der Waals surface area (Å²) in [7, 11) is 3.26. The van der Waals surface area contributed by atoms with Crippen LogP contribution in [0.2, 0.25) is 0 Å². The molecule has 0 saturated carbocycles. The van der Waals surface area contributed by atoms with Crippen LogP contribution < -0.4 is 4.74 Å². The molecule has 0 atom stereocenters. The van der Waals surface area contributed by atoms with Crippen LogP contribution in [0.1, 0.15) is 5.56 Å². The number of halogens is 1. The Labute approximate surface area is 86.3 Å².